The van der Waals surface area contributed by atoms with E-state index in [2.05, 4.69) is 5.32 Å². The van der Waals surface area contributed by atoms with Crippen LogP contribution in [0.3, 0.4) is 0 Å². The van der Waals surface area contributed by atoms with Gasteiger partial charge in [-0.15, -0.1) is 0 Å². The van der Waals surface area contributed by atoms with Crippen LogP contribution in [0.1, 0.15) is 12.5 Å². The molecule has 9 heteroatoms. The fraction of sp³-hybridized carbons (Fsp3) is 0.381. The molecule has 0 saturated heterocycles. The van der Waals surface area contributed by atoms with Crippen molar-refractivity contribution in [3.8, 4) is 17.2 Å². The summed E-state index contributed by atoms with van der Waals surface area (Å²) in [6, 6.07) is 11.3. The number of aryl methyl sites for hydroxylation is 1. The number of sulfonamides is 1. The number of methoxy groups -OCH3 is 2. The van der Waals surface area contributed by atoms with Crippen molar-refractivity contribution in [2.45, 2.75) is 19.9 Å². The highest BCUT2D eigenvalue weighted by molar-refractivity contribution is 7.92. The lowest BCUT2D eigenvalue weighted by Crippen LogP contribution is -2.48. The molecule has 1 unspecified atom stereocenters. The number of rotatable bonds is 10. The molecule has 0 aliphatic carbocycles. The molecule has 1 atom stereocenters. The van der Waals surface area contributed by atoms with Crippen molar-refractivity contribution >= 4 is 21.6 Å². The molecule has 2 rings (SSSR count). The number of carbonyl (C=O) groups is 1. The molecule has 0 aromatic heterocycles. The summed E-state index contributed by atoms with van der Waals surface area (Å²) in [7, 11) is -0.798. The summed E-state index contributed by atoms with van der Waals surface area (Å²) in [4.78, 5) is 12.6. The van der Waals surface area contributed by atoms with Crippen molar-refractivity contribution in [1.29, 1.82) is 0 Å². The van der Waals surface area contributed by atoms with E-state index in [0.29, 0.717) is 22.9 Å². The van der Waals surface area contributed by atoms with Gasteiger partial charge in [-0.25, -0.2) is 8.42 Å². The number of nitrogens with zero attached hydrogens (tertiary/aromatic N) is 1. The van der Waals surface area contributed by atoms with Crippen LogP contribution in [0.25, 0.3) is 0 Å². The quantitative estimate of drug-likeness (QED) is 0.575. The van der Waals surface area contributed by atoms with Crippen molar-refractivity contribution in [2.75, 3.05) is 37.9 Å². The minimum atomic E-state index is -3.74. The Hall–Kier alpha value is -2.94. The molecule has 2 aromatic carbocycles. The van der Waals surface area contributed by atoms with Crippen LogP contribution in [-0.4, -0.2) is 54.0 Å². The Balaban J connectivity index is 2.06. The van der Waals surface area contributed by atoms with E-state index >= 15 is 0 Å². The molecule has 30 heavy (non-hydrogen) atoms. The zero-order chi connectivity index (χ0) is 22.3. The second kappa shape index (κ2) is 10.2. The van der Waals surface area contributed by atoms with Crippen molar-refractivity contribution < 1.29 is 27.4 Å². The third kappa shape index (κ3) is 6.03. The van der Waals surface area contributed by atoms with Crippen molar-refractivity contribution in [3.05, 3.63) is 48.0 Å². The van der Waals surface area contributed by atoms with Crippen molar-refractivity contribution in [3.63, 3.8) is 0 Å². The topological polar surface area (TPSA) is 94.2 Å². The molecular weight excluding hydrogens is 408 g/mol. The maximum atomic E-state index is 12.6. The van der Waals surface area contributed by atoms with E-state index in [1.807, 2.05) is 31.2 Å². The average molecular weight is 437 g/mol. The number of hydrogen-bond acceptors (Lipinski definition) is 6. The number of hydrogen-bond donors (Lipinski definition) is 1. The Morgan fingerprint density at radius 1 is 1.07 bits per heavy atom. The minimum absolute atomic E-state index is 0.237. The van der Waals surface area contributed by atoms with Gasteiger partial charge in [-0.3, -0.25) is 9.10 Å². The first-order chi connectivity index (χ1) is 14.2. The molecule has 0 spiro atoms. The smallest absolute Gasteiger partial charge is 0.243 e. The van der Waals surface area contributed by atoms with Crippen LogP contribution in [0.15, 0.2) is 42.5 Å². The Labute approximate surface area is 177 Å². The van der Waals surface area contributed by atoms with Gasteiger partial charge in [-0.1, -0.05) is 17.7 Å². The average Bonchev–Trinajstić information content (AvgIpc) is 2.71. The highest BCUT2D eigenvalue weighted by Crippen LogP contribution is 2.33. The Bertz CT molecular complexity index is 960. The van der Waals surface area contributed by atoms with Crippen molar-refractivity contribution in [1.82, 2.24) is 5.32 Å². The molecule has 8 nitrogen and oxygen atoms in total. The van der Waals surface area contributed by atoms with Crippen LogP contribution >= 0.6 is 0 Å². The Morgan fingerprint density at radius 2 is 1.70 bits per heavy atom. The summed E-state index contributed by atoms with van der Waals surface area (Å²) < 4.78 is 41.9. The second-order valence-electron chi connectivity index (χ2n) is 6.73. The summed E-state index contributed by atoms with van der Waals surface area (Å²) in [5.41, 5.74) is 1.43. The number of amides is 1. The van der Waals surface area contributed by atoms with Gasteiger partial charge in [0.2, 0.25) is 15.9 Å². The summed E-state index contributed by atoms with van der Waals surface area (Å²) in [5.74, 6) is 1.08. The number of carbonyl (C=O) groups excluding carboxylic acids is 1. The van der Waals surface area contributed by atoms with Crippen LogP contribution in [-0.2, 0) is 14.8 Å². The van der Waals surface area contributed by atoms with Gasteiger partial charge >= 0.3 is 0 Å². The second-order valence-corrected chi connectivity index (χ2v) is 8.59. The molecule has 0 fully saturated rings. The maximum Gasteiger partial charge on any atom is 0.243 e. The maximum absolute atomic E-state index is 12.6. The van der Waals surface area contributed by atoms with Gasteiger partial charge in [0.05, 0.1) is 32.7 Å². The zero-order valence-electron chi connectivity index (χ0n) is 17.8. The third-order valence-electron chi connectivity index (χ3n) is 4.40. The number of anilines is 1. The molecule has 0 saturated carbocycles. The largest absolute Gasteiger partial charge is 0.493 e. The normalized spacial score (nSPS) is 12.0. The summed E-state index contributed by atoms with van der Waals surface area (Å²) in [6.07, 6.45) is 1.05. The lowest BCUT2D eigenvalue weighted by molar-refractivity contribution is -0.121. The first-order valence-electron chi connectivity index (χ1n) is 9.36. The molecule has 0 heterocycles. The summed E-state index contributed by atoms with van der Waals surface area (Å²) in [5, 5.41) is 2.71. The van der Waals surface area contributed by atoms with Crippen LogP contribution in [0.5, 0.6) is 17.2 Å². The third-order valence-corrected chi connectivity index (χ3v) is 5.64. The van der Waals surface area contributed by atoms with Crippen LogP contribution < -0.4 is 23.8 Å². The first-order valence-corrected chi connectivity index (χ1v) is 11.2. The van der Waals surface area contributed by atoms with E-state index in [-0.39, 0.29) is 13.2 Å². The molecule has 0 radical (unpaired) electrons. The first kappa shape index (κ1) is 23.3. The highest BCUT2D eigenvalue weighted by Gasteiger charge is 2.29. The van der Waals surface area contributed by atoms with E-state index in [9.17, 15) is 13.2 Å². The number of benzene rings is 2. The Morgan fingerprint density at radius 3 is 2.27 bits per heavy atom. The minimum Gasteiger partial charge on any atom is -0.493 e. The Kier molecular flexibility index (Phi) is 7.93. The van der Waals surface area contributed by atoms with Gasteiger partial charge in [-0.05, 0) is 38.1 Å². The van der Waals surface area contributed by atoms with Crippen LogP contribution in [0.4, 0.5) is 5.69 Å². The van der Waals surface area contributed by atoms with E-state index in [1.54, 1.807) is 12.1 Å². The predicted octanol–water partition coefficient (Wildman–Crippen LogP) is 2.36. The molecule has 1 amide bonds. The molecular formula is C21H28N2O6S. The lowest BCUT2D eigenvalue weighted by atomic mass is 10.2. The van der Waals surface area contributed by atoms with Gasteiger partial charge in [-0.2, -0.15) is 0 Å². The monoisotopic (exact) mass is 436 g/mol. The fourth-order valence-corrected chi connectivity index (χ4v) is 4.06. The van der Waals surface area contributed by atoms with Crippen LogP contribution in [0, 0.1) is 6.92 Å². The highest BCUT2D eigenvalue weighted by atomic mass is 32.2. The van der Waals surface area contributed by atoms with E-state index in [1.165, 1.54) is 27.2 Å². The summed E-state index contributed by atoms with van der Waals surface area (Å²) >= 11 is 0. The molecule has 2 aromatic rings. The van der Waals surface area contributed by atoms with Crippen molar-refractivity contribution in [2.24, 2.45) is 0 Å². The van der Waals surface area contributed by atoms with Gasteiger partial charge in [0, 0.05) is 6.07 Å². The SMILES string of the molecule is COc1ccc(N(C(C)C(=O)NCCOc2ccc(C)cc2)S(C)(=O)=O)cc1OC. The van der Waals surface area contributed by atoms with Gasteiger partial charge in [0.15, 0.2) is 11.5 Å². The predicted molar refractivity (Wildman–Crippen MR) is 116 cm³/mol. The van der Waals surface area contributed by atoms with E-state index in [0.717, 1.165) is 16.1 Å². The molecule has 0 aliphatic heterocycles. The number of ether oxygens (including phenoxy) is 3. The molecule has 0 aliphatic rings. The lowest BCUT2D eigenvalue weighted by Gasteiger charge is -2.28. The van der Waals surface area contributed by atoms with Gasteiger partial charge in [0.1, 0.15) is 18.4 Å². The molecule has 1 N–H and O–H groups in total. The van der Waals surface area contributed by atoms with E-state index in [4.69, 9.17) is 14.2 Å². The molecule has 0 bridgehead atoms. The summed E-state index contributed by atoms with van der Waals surface area (Å²) in [6.45, 7) is 4.00. The van der Waals surface area contributed by atoms with Gasteiger partial charge in [0.25, 0.3) is 0 Å². The van der Waals surface area contributed by atoms with E-state index < -0.39 is 22.0 Å². The van der Waals surface area contributed by atoms with Crippen LogP contribution in [0.2, 0.25) is 0 Å². The molecule has 164 valence electrons. The zero-order valence-corrected chi connectivity index (χ0v) is 18.7. The van der Waals surface area contributed by atoms with Gasteiger partial charge < -0.3 is 19.5 Å². The number of nitrogens with one attached hydrogen (secondary N) is 1. The standard InChI is InChI=1S/C21H28N2O6S/c1-15-6-9-18(10-7-15)29-13-12-22-21(24)16(2)23(30(5,25)26)17-8-11-19(27-3)20(14-17)28-4/h6-11,14,16H,12-13H2,1-5H3,(H,22,24). The fourth-order valence-electron chi connectivity index (χ4n) is 2.90.